The van der Waals surface area contributed by atoms with Crippen molar-refractivity contribution in [1.29, 1.82) is 0 Å². The van der Waals surface area contributed by atoms with E-state index >= 15 is 0 Å². The standard InChI is InChI=1S/C27H26BrNO5/c1-12-6-5-7-14(23(12)31)20-13-8-9-15-21(26(34)29(25(15)33)27(2,3)4)16(13)10-17-22(20)19(30)11-18(28)24(17)32/h5-8,11,15-16,20-21,31H,9-10H2,1-4H3. The number of imide groups is 1. The first-order valence-electron chi connectivity index (χ1n) is 11.5. The average molecular weight is 524 g/mol. The van der Waals surface area contributed by atoms with E-state index < -0.39 is 29.2 Å². The van der Waals surface area contributed by atoms with E-state index in [1.54, 1.807) is 19.1 Å². The van der Waals surface area contributed by atoms with Gasteiger partial charge in [-0.3, -0.25) is 24.1 Å². The number of phenolic OH excluding ortho intramolecular Hbond substituents is 1. The van der Waals surface area contributed by atoms with Crippen LogP contribution in [0.25, 0.3) is 0 Å². The van der Waals surface area contributed by atoms with Crippen molar-refractivity contribution in [3.63, 3.8) is 0 Å². The molecule has 3 aliphatic carbocycles. The van der Waals surface area contributed by atoms with Gasteiger partial charge in [0.1, 0.15) is 5.75 Å². The number of fused-ring (bicyclic) bond motifs is 3. The molecule has 1 aliphatic heterocycles. The molecule has 4 atom stereocenters. The number of nitrogens with zero attached hydrogens (tertiary/aromatic N) is 1. The maximum Gasteiger partial charge on any atom is 0.234 e. The van der Waals surface area contributed by atoms with Crippen molar-refractivity contribution in [2.75, 3.05) is 0 Å². The zero-order valence-electron chi connectivity index (χ0n) is 19.5. The van der Waals surface area contributed by atoms with Crippen LogP contribution in [-0.4, -0.2) is 38.9 Å². The quantitative estimate of drug-likeness (QED) is 0.337. The molecule has 7 heteroatoms. The maximum atomic E-state index is 13.6. The number of para-hydroxylation sites is 1. The van der Waals surface area contributed by atoms with Gasteiger partial charge in [0.15, 0.2) is 11.6 Å². The summed E-state index contributed by atoms with van der Waals surface area (Å²) in [6, 6.07) is 5.36. The Kier molecular flexibility index (Phi) is 5.13. The summed E-state index contributed by atoms with van der Waals surface area (Å²) < 4.78 is 0.188. The Bertz CT molecular complexity index is 1280. The molecule has 0 saturated carbocycles. The third kappa shape index (κ3) is 3.13. The molecule has 1 aromatic rings. The summed E-state index contributed by atoms with van der Waals surface area (Å²) >= 11 is 3.22. The molecule has 1 aromatic carbocycles. The molecule has 34 heavy (non-hydrogen) atoms. The molecule has 5 rings (SSSR count). The van der Waals surface area contributed by atoms with Crippen LogP contribution < -0.4 is 0 Å². The zero-order valence-corrected chi connectivity index (χ0v) is 21.1. The van der Waals surface area contributed by atoms with Gasteiger partial charge in [-0.1, -0.05) is 29.8 Å². The number of aryl methyl sites for hydroxylation is 1. The monoisotopic (exact) mass is 523 g/mol. The molecule has 0 aromatic heterocycles. The molecular weight excluding hydrogens is 498 g/mol. The second-order valence-electron chi connectivity index (χ2n) is 10.6. The molecular formula is C27H26BrNO5. The minimum absolute atomic E-state index is 0.0713. The van der Waals surface area contributed by atoms with Crippen molar-refractivity contribution < 1.29 is 24.3 Å². The largest absolute Gasteiger partial charge is 0.507 e. The van der Waals surface area contributed by atoms with Crippen molar-refractivity contribution in [3.05, 3.63) is 62.7 Å². The molecule has 1 N–H and O–H groups in total. The van der Waals surface area contributed by atoms with Crippen LogP contribution in [0.4, 0.5) is 0 Å². The maximum absolute atomic E-state index is 13.6. The van der Waals surface area contributed by atoms with Gasteiger partial charge in [-0.25, -0.2) is 0 Å². The van der Waals surface area contributed by atoms with Gasteiger partial charge in [-0.2, -0.15) is 0 Å². The Morgan fingerprint density at radius 1 is 1.06 bits per heavy atom. The number of likely N-dealkylation sites (tertiary alicyclic amines) is 1. The van der Waals surface area contributed by atoms with Gasteiger partial charge in [0.2, 0.25) is 11.8 Å². The second-order valence-corrected chi connectivity index (χ2v) is 11.4. The number of hydrogen-bond donors (Lipinski definition) is 1. The van der Waals surface area contributed by atoms with E-state index in [1.165, 1.54) is 11.0 Å². The average Bonchev–Trinajstić information content (AvgIpc) is 3.03. The van der Waals surface area contributed by atoms with E-state index in [0.29, 0.717) is 28.7 Å². The van der Waals surface area contributed by atoms with E-state index in [-0.39, 0.29) is 40.0 Å². The first kappa shape index (κ1) is 23.0. The molecule has 4 unspecified atom stereocenters. The lowest BCUT2D eigenvalue weighted by Gasteiger charge is -2.42. The van der Waals surface area contributed by atoms with Gasteiger partial charge in [-0.15, -0.1) is 0 Å². The number of phenols is 1. The topological polar surface area (TPSA) is 91.8 Å². The molecule has 1 heterocycles. The van der Waals surface area contributed by atoms with Crippen molar-refractivity contribution >= 4 is 39.3 Å². The van der Waals surface area contributed by atoms with Crippen molar-refractivity contribution in [2.45, 2.75) is 52.0 Å². The summed E-state index contributed by atoms with van der Waals surface area (Å²) in [5.41, 5.74) is 2.11. The molecule has 0 bridgehead atoms. The summed E-state index contributed by atoms with van der Waals surface area (Å²) in [7, 11) is 0. The fourth-order valence-electron chi connectivity index (χ4n) is 6.14. The molecule has 1 fully saturated rings. The number of rotatable bonds is 1. The fourth-order valence-corrected chi connectivity index (χ4v) is 6.59. The van der Waals surface area contributed by atoms with Crippen LogP contribution in [0.2, 0.25) is 0 Å². The third-order valence-corrected chi connectivity index (χ3v) is 8.17. The number of hydrogen-bond acceptors (Lipinski definition) is 5. The van der Waals surface area contributed by atoms with E-state index in [1.807, 2.05) is 32.9 Å². The zero-order chi connectivity index (χ0) is 24.7. The van der Waals surface area contributed by atoms with E-state index in [0.717, 1.165) is 5.57 Å². The van der Waals surface area contributed by atoms with Crippen LogP contribution >= 0.6 is 15.9 Å². The number of halogens is 1. The Hall–Kier alpha value is -2.80. The first-order valence-corrected chi connectivity index (χ1v) is 12.3. The van der Waals surface area contributed by atoms with E-state index in [4.69, 9.17) is 0 Å². The van der Waals surface area contributed by atoms with E-state index in [9.17, 15) is 24.3 Å². The number of benzene rings is 1. The number of allylic oxidation sites excluding steroid dienone is 6. The SMILES string of the molecule is Cc1cccc(C2C3=CCC4C(=O)N(C(C)(C)C)C(=O)C4C3CC3=C2C(=O)C=C(Br)C3=O)c1O. The highest BCUT2D eigenvalue weighted by atomic mass is 79.9. The second kappa shape index (κ2) is 7.60. The normalized spacial score (nSPS) is 29.0. The lowest BCUT2D eigenvalue weighted by molar-refractivity contribution is -0.145. The van der Waals surface area contributed by atoms with Crippen LogP contribution in [0.3, 0.4) is 0 Å². The number of ketones is 2. The highest BCUT2D eigenvalue weighted by Crippen LogP contribution is 2.56. The summed E-state index contributed by atoms with van der Waals surface area (Å²) in [5.74, 6) is -3.02. The first-order chi connectivity index (χ1) is 15.9. The summed E-state index contributed by atoms with van der Waals surface area (Å²) in [6.07, 6.45) is 3.86. The Morgan fingerprint density at radius 2 is 1.76 bits per heavy atom. The molecule has 4 aliphatic rings. The summed E-state index contributed by atoms with van der Waals surface area (Å²) in [5, 5.41) is 11.0. The Balaban J connectivity index is 1.71. The highest BCUT2D eigenvalue weighted by Gasteiger charge is 2.58. The minimum atomic E-state index is -0.651. The molecule has 0 radical (unpaired) electrons. The molecule has 176 valence electrons. The molecule has 6 nitrogen and oxygen atoms in total. The van der Waals surface area contributed by atoms with Gasteiger partial charge < -0.3 is 5.11 Å². The number of amides is 2. The minimum Gasteiger partial charge on any atom is -0.507 e. The smallest absolute Gasteiger partial charge is 0.234 e. The number of aromatic hydroxyl groups is 1. The van der Waals surface area contributed by atoms with Gasteiger partial charge in [-0.05, 0) is 67.9 Å². The highest BCUT2D eigenvalue weighted by molar-refractivity contribution is 9.12. The molecule has 1 saturated heterocycles. The van der Waals surface area contributed by atoms with E-state index in [2.05, 4.69) is 15.9 Å². The van der Waals surface area contributed by atoms with Crippen LogP contribution in [-0.2, 0) is 19.2 Å². The number of Topliss-reactive ketones (excluding diaryl/α,β-unsaturated/α-hetero) is 1. The Morgan fingerprint density at radius 3 is 2.44 bits per heavy atom. The van der Waals surface area contributed by atoms with Crippen LogP contribution in [0.5, 0.6) is 5.75 Å². The summed E-state index contributed by atoms with van der Waals surface area (Å²) in [4.78, 5) is 54.7. The van der Waals surface area contributed by atoms with Gasteiger partial charge >= 0.3 is 0 Å². The number of carbonyl (C=O) groups is 4. The molecule has 2 amide bonds. The Labute approximate surface area is 206 Å². The lowest BCUT2D eigenvalue weighted by atomic mass is 9.59. The van der Waals surface area contributed by atoms with Crippen molar-refractivity contribution in [1.82, 2.24) is 4.90 Å². The van der Waals surface area contributed by atoms with Gasteiger partial charge in [0.25, 0.3) is 0 Å². The fraction of sp³-hybridized carbons (Fsp3) is 0.407. The van der Waals surface area contributed by atoms with Gasteiger partial charge in [0, 0.05) is 34.2 Å². The van der Waals surface area contributed by atoms with Crippen LogP contribution in [0.15, 0.2) is 51.6 Å². The summed E-state index contributed by atoms with van der Waals surface area (Å²) in [6.45, 7) is 7.31. The van der Waals surface area contributed by atoms with Gasteiger partial charge in [0.05, 0.1) is 16.3 Å². The van der Waals surface area contributed by atoms with Crippen molar-refractivity contribution in [3.8, 4) is 5.75 Å². The van der Waals surface area contributed by atoms with Crippen LogP contribution in [0, 0.1) is 24.7 Å². The van der Waals surface area contributed by atoms with Crippen molar-refractivity contribution in [2.24, 2.45) is 17.8 Å². The lowest BCUT2D eigenvalue weighted by Crippen LogP contribution is -2.46. The molecule has 0 spiro atoms. The predicted molar refractivity (Wildman–Crippen MR) is 129 cm³/mol. The number of carbonyl (C=O) groups excluding carboxylic acids is 4. The van der Waals surface area contributed by atoms with Crippen LogP contribution in [0.1, 0.15) is 50.7 Å². The third-order valence-electron chi connectivity index (χ3n) is 7.58. The predicted octanol–water partition coefficient (Wildman–Crippen LogP) is 4.26.